The van der Waals surface area contributed by atoms with Crippen molar-refractivity contribution >= 4 is 21.6 Å². The molecule has 0 aliphatic carbocycles. The average molecular weight is 346 g/mol. The quantitative estimate of drug-likeness (QED) is 0.722. The first-order valence-electron chi connectivity index (χ1n) is 6.93. The number of nitrogens with one attached hydrogen (secondary N) is 1. The van der Waals surface area contributed by atoms with Gasteiger partial charge in [0.25, 0.3) is 0 Å². The lowest BCUT2D eigenvalue weighted by Gasteiger charge is -2.12. The lowest BCUT2D eigenvalue weighted by atomic mass is 10.1. The maximum atomic E-state index is 5.55. The molecule has 0 saturated carbocycles. The molecule has 0 spiro atoms. The van der Waals surface area contributed by atoms with Crippen LogP contribution in [0.2, 0.25) is 0 Å². The molecule has 0 unspecified atom stereocenters. The molecule has 0 saturated heterocycles. The molecule has 21 heavy (non-hydrogen) atoms. The van der Waals surface area contributed by atoms with Gasteiger partial charge >= 0.3 is 0 Å². The summed E-state index contributed by atoms with van der Waals surface area (Å²) in [7, 11) is 0. The number of rotatable bonds is 6. The summed E-state index contributed by atoms with van der Waals surface area (Å²) in [5, 5.41) is 3.48. The van der Waals surface area contributed by atoms with E-state index in [0.717, 1.165) is 16.8 Å². The number of hydrogen-bond donors (Lipinski definition) is 1. The van der Waals surface area contributed by atoms with Crippen molar-refractivity contribution in [1.29, 1.82) is 0 Å². The van der Waals surface area contributed by atoms with Crippen molar-refractivity contribution in [2.24, 2.45) is 0 Å². The van der Waals surface area contributed by atoms with Crippen LogP contribution in [-0.4, -0.2) is 6.61 Å². The van der Waals surface area contributed by atoms with E-state index in [1.807, 2.05) is 6.07 Å². The molecular formula is C18H20BrNO. The molecule has 0 aliphatic heterocycles. The summed E-state index contributed by atoms with van der Waals surface area (Å²) in [6.07, 6.45) is 1.74. The molecule has 1 N–H and O–H groups in total. The Morgan fingerprint density at radius 2 is 2.00 bits per heavy atom. The van der Waals surface area contributed by atoms with Gasteiger partial charge in [-0.15, -0.1) is 0 Å². The second kappa shape index (κ2) is 7.32. The van der Waals surface area contributed by atoms with Gasteiger partial charge in [-0.1, -0.05) is 30.9 Å². The topological polar surface area (TPSA) is 21.3 Å². The minimum absolute atomic E-state index is 0.513. The molecule has 0 atom stereocenters. The number of benzene rings is 2. The second-order valence-corrected chi connectivity index (χ2v) is 5.89. The van der Waals surface area contributed by atoms with E-state index in [4.69, 9.17) is 4.74 Å². The highest BCUT2D eigenvalue weighted by molar-refractivity contribution is 9.10. The Kier molecular flexibility index (Phi) is 5.45. The number of halogens is 1. The van der Waals surface area contributed by atoms with Gasteiger partial charge in [0.05, 0.1) is 4.47 Å². The van der Waals surface area contributed by atoms with E-state index in [1.54, 1.807) is 6.08 Å². The van der Waals surface area contributed by atoms with Crippen molar-refractivity contribution < 1.29 is 4.74 Å². The molecule has 3 heteroatoms. The fourth-order valence-corrected chi connectivity index (χ4v) is 2.58. The van der Waals surface area contributed by atoms with Crippen molar-refractivity contribution in [3.8, 4) is 5.75 Å². The van der Waals surface area contributed by atoms with E-state index >= 15 is 0 Å². The Balaban J connectivity index is 2.05. The van der Waals surface area contributed by atoms with Crippen molar-refractivity contribution in [2.75, 3.05) is 11.9 Å². The lowest BCUT2D eigenvalue weighted by Crippen LogP contribution is -2.02. The van der Waals surface area contributed by atoms with Gasteiger partial charge < -0.3 is 10.1 Å². The predicted molar refractivity (Wildman–Crippen MR) is 93.1 cm³/mol. The van der Waals surface area contributed by atoms with Crippen LogP contribution in [0.25, 0.3) is 0 Å². The zero-order valence-corrected chi connectivity index (χ0v) is 14.0. The predicted octanol–water partition coefficient (Wildman–Crippen LogP) is 5.24. The SMILES string of the molecule is C=CCOc1ccc(CNc2cc(C)ccc2C)cc1Br. The zero-order chi connectivity index (χ0) is 15.2. The highest BCUT2D eigenvalue weighted by Crippen LogP contribution is 2.26. The third-order valence-electron chi connectivity index (χ3n) is 3.23. The van der Waals surface area contributed by atoms with Crippen molar-refractivity contribution in [2.45, 2.75) is 20.4 Å². The van der Waals surface area contributed by atoms with Crippen LogP contribution in [0.3, 0.4) is 0 Å². The van der Waals surface area contributed by atoms with Crippen LogP contribution in [0.5, 0.6) is 5.75 Å². The maximum Gasteiger partial charge on any atom is 0.133 e. The summed E-state index contributed by atoms with van der Waals surface area (Å²) in [5.74, 6) is 0.838. The molecule has 0 heterocycles. The van der Waals surface area contributed by atoms with E-state index in [-0.39, 0.29) is 0 Å². The third-order valence-corrected chi connectivity index (χ3v) is 3.85. The highest BCUT2D eigenvalue weighted by atomic mass is 79.9. The lowest BCUT2D eigenvalue weighted by molar-refractivity contribution is 0.361. The Hall–Kier alpha value is -1.74. The molecule has 0 radical (unpaired) electrons. The molecule has 0 aliphatic rings. The molecule has 0 amide bonds. The molecule has 110 valence electrons. The summed E-state index contributed by atoms with van der Waals surface area (Å²) in [6, 6.07) is 12.6. The second-order valence-electron chi connectivity index (χ2n) is 5.04. The van der Waals surface area contributed by atoms with Crippen LogP contribution in [0.4, 0.5) is 5.69 Å². The third kappa shape index (κ3) is 4.36. The average Bonchev–Trinajstić information content (AvgIpc) is 2.47. The van der Waals surface area contributed by atoms with Crippen LogP contribution in [0, 0.1) is 13.8 Å². The summed E-state index contributed by atoms with van der Waals surface area (Å²) in [5.41, 5.74) is 4.90. The van der Waals surface area contributed by atoms with Crippen molar-refractivity contribution in [3.63, 3.8) is 0 Å². The molecule has 2 aromatic carbocycles. The number of aryl methyl sites for hydroxylation is 2. The summed E-state index contributed by atoms with van der Waals surface area (Å²) < 4.78 is 6.52. The smallest absolute Gasteiger partial charge is 0.133 e. The molecule has 0 fully saturated rings. The van der Waals surface area contributed by atoms with Gasteiger partial charge in [0.15, 0.2) is 0 Å². The van der Waals surface area contributed by atoms with Crippen molar-refractivity contribution in [3.05, 3.63) is 70.2 Å². The van der Waals surface area contributed by atoms with E-state index < -0.39 is 0 Å². The zero-order valence-electron chi connectivity index (χ0n) is 12.4. The highest BCUT2D eigenvalue weighted by Gasteiger charge is 2.03. The minimum Gasteiger partial charge on any atom is -0.488 e. The fourth-order valence-electron chi connectivity index (χ4n) is 2.04. The molecular weight excluding hydrogens is 326 g/mol. The van der Waals surface area contributed by atoms with Gasteiger partial charge in [-0.3, -0.25) is 0 Å². The Labute approximate surface area is 135 Å². The maximum absolute atomic E-state index is 5.55. The summed E-state index contributed by atoms with van der Waals surface area (Å²) >= 11 is 3.54. The summed E-state index contributed by atoms with van der Waals surface area (Å²) in [4.78, 5) is 0. The monoisotopic (exact) mass is 345 g/mol. The van der Waals surface area contributed by atoms with Crippen LogP contribution in [0.1, 0.15) is 16.7 Å². The Morgan fingerprint density at radius 1 is 1.19 bits per heavy atom. The van der Waals surface area contributed by atoms with E-state index in [1.165, 1.54) is 22.4 Å². The van der Waals surface area contributed by atoms with E-state index in [9.17, 15) is 0 Å². The molecule has 0 aromatic heterocycles. The Morgan fingerprint density at radius 3 is 2.71 bits per heavy atom. The van der Waals surface area contributed by atoms with E-state index in [2.05, 4.69) is 72.0 Å². The van der Waals surface area contributed by atoms with Gasteiger partial charge in [-0.25, -0.2) is 0 Å². The fraction of sp³-hybridized carbons (Fsp3) is 0.222. The van der Waals surface area contributed by atoms with Crippen LogP contribution in [-0.2, 0) is 6.54 Å². The minimum atomic E-state index is 0.513. The number of ether oxygens (including phenoxy) is 1. The van der Waals surface area contributed by atoms with Gasteiger partial charge in [0, 0.05) is 12.2 Å². The molecule has 2 aromatic rings. The summed E-state index contributed by atoms with van der Waals surface area (Å²) in [6.45, 7) is 9.17. The first kappa shape index (κ1) is 15.6. The standard InChI is InChI=1S/C18H20BrNO/c1-4-9-21-18-8-7-15(11-16(18)19)12-20-17-10-13(2)5-6-14(17)3/h4-8,10-11,20H,1,9,12H2,2-3H3. The molecule has 0 bridgehead atoms. The first-order valence-corrected chi connectivity index (χ1v) is 7.72. The number of hydrogen-bond acceptors (Lipinski definition) is 2. The van der Waals surface area contributed by atoms with E-state index in [0.29, 0.717) is 6.61 Å². The Bertz CT molecular complexity index is 637. The van der Waals surface area contributed by atoms with Gasteiger partial charge in [0.2, 0.25) is 0 Å². The van der Waals surface area contributed by atoms with Crippen LogP contribution < -0.4 is 10.1 Å². The van der Waals surface area contributed by atoms with Gasteiger partial charge in [-0.05, 0) is 64.7 Å². The first-order chi connectivity index (χ1) is 10.1. The normalized spacial score (nSPS) is 10.2. The molecule has 2 nitrogen and oxygen atoms in total. The van der Waals surface area contributed by atoms with Crippen LogP contribution >= 0.6 is 15.9 Å². The molecule has 2 rings (SSSR count). The van der Waals surface area contributed by atoms with Crippen molar-refractivity contribution in [1.82, 2.24) is 0 Å². The van der Waals surface area contributed by atoms with Gasteiger partial charge in [0.1, 0.15) is 12.4 Å². The van der Waals surface area contributed by atoms with Gasteiger partial charge in [-0.2, -0.15) is 0 Å². The number of anilines is 1. The largest absolute Gasteiger partial charge is 0.488 e. The van der Waals surface area contributed by atoms with Crippen LogP contribution in [0.15, 0.2) is 53.5 Å².